The average molecular weight is 416 g/mol. The number of nitrogens with zero attached hydrogens (tertiary/aromatic N) is 2. The summed E-state index contributed by atoms with van der Waals surface area (Å²) < 4.78 is 10.1. The molecule has 2 amide bonds. The largest absolute Gasteiger partial charge is 0.480 e. The molecule has 12 heteroatoms. The third-order valence-electron chi connectivity index (χ3n) is 3.17. The molecule has 0 bridgehead atoms. The number of rotatable bonds is 4. The Bertz CT molecular complexity index is 652. The minimum atomic E-state index is -1.30. The van der Waals surface area contributed by atoms with E-state index in [2.05, 4.69) is 10.6 Å². The van der Waals surface area contributed by atoms with Gasteiger partial charge in [-0.1, -0.05) is 0 Å². The molecule has 29 heavy (non-hydrogen) atoms. The molecule has 0 aromatic carbocycles. The van der Waals surface area contributed by atoms with Gasteiger partial charge in [-0.15, -0.1) is 0 Å². The molecule has 166 valence electrons. The molecule has 0 saturated carbocycles. The molecule has 1 unspecified atom stereocenters. The van der Waals surface area contributed by atoms with Gasteiger partial charge < -0.3 is 24.4 Å². The number of carboxylic acids is 1. The molecule has 0 spiro atoms. The highest BCUT2D eigenvalue weighted by atomic mass is 16.6. The second-order valence-corrected chi connectivity index (χ2v) is 8.30. The molecular formula is C17H32N6O6. The summed E-state index contributed by atoms with van der Waals surface area (Å²) in [4.78, 5) is 37.3. The zero-order chi connectivity index (χ0) is 23.2. The van der Waals surface area contributed by atoms with Crippen molar-refractivity contribution in [2.75, 3.05) is 20.6 Å². The minimum absolute atomic E-state index is 0.265. The van der Waals surface area contributed by atoms with E-state index in [0.717, 1.165) is 4.90 Å². The lowest BCUT2D eigenvalue weighted by Crippen LogP contribution is -2.55. The van der Waals surface area contributed by atoms with Crippen LogP contribution >= 0.6 is 0 Å². The van der Waals surface area contributed by atoms with Crippen LogP contribution in [0.4, 0.5) is 9.59 Å². The number of likely N-dealkylation sites (N-methyl/N-ethyl adjacent to an activating group) is 2. The van der Waals surface area contributed by atoms with Crippen molar-refractivity contribution in [3.8, 4) is 0 Å². The number of nitrogens with one attached hydrogen (secondary N) is 4. The Balaban J connectivity index is 4.98. The molecule has 0 aliphatic carbocycles. The lowest BCUT2D eigenvalue weighted by atomic mass is 10.2. The summed E-state index contributed by atoms with van der Waals surface area (Å²) in [5, 5.41) is 29.6. The summed E-state index contributed by atoms with van der Waals surface area (Å²) in [7, 11) is 2.70. The van der Waals surface area contributed by atoms with Gasteiger partial charge in [0, 0.05) is 14.1 Å². The first-order valence-corrected chi connectivity index (χ1v) is 8.77. The lowest BCUT2D eigenvalue weighted by Gasteiger charge is -2.31. The van der Waals surface area contributed by atoms with Crippen LogP contribution in [0.1, 0.15) is 41.5 Å². The number of carbonyl (C=O) groups excluding carboxylic acids is 2. The van der Waals surface area contributed by atoms with E-state index in [-0.39, 0.29) is 12.5 Å². The van der Waals surface area contributed by atoms with Gasteiger partial charge in [0.15, 0.2) is 5.96 Å². The van der Waals surface area contributed by atoms with E-state index >= 15 is 0 Å². The molecule has 0 fully saturated rings. The molecule has 0 radical (unpaired) electrons. The number of hydrogen-bond acceptors (Lipinski definition) is 7. The maximum atomic E-state index is 11.8. The van der Waals surface area contributed by atoms with E-state index in [9.17, 15) is 19.5 Å². The van der Waals surface area contributed by atoms with Gasteiger partial charge in [-0.3, -0.25) is 21.5 Å². The fourth-order valence-electron chi connectivity index (χ4n) is 1.86. The third kappa shape index (κ3) is 10.8. The van der Waals surface area contributed by atoms with Gasteiger partial charge in [0.1, 0.15) is 17.2 Å². The van der Waals surface area contributed by atoms with Gasteiger partial charge in [-0.2, -0.15) is 0 Å². The van der Waals surface area contributed by atoms with Crippen LogP contribution < -0.4 is 10.6 Å². The van der Waals surface area contributed by atoms with E-state index in [1.807, 2.05) is 0 Å². The van der Waals surface area contributed by atoms with Gasteiger partial charge in [0.25, 0.3) is 0 Å². The van der Waals surface area contributed by atoms with Crippen LogP contribution in [0.15, 0.2) is 0 Å². The molecule has 0 heterocycles. The van der Waals surface area contributed by atoms with Crippen molar-refractivity contribution >= 4 is 30.1 Å². The van der Waals surface area contributed by atoms with Crippen LogP contribution in [-0.2, 0) is 14.3 Å². The molecule has 12 nitrogen and oxygen atoms in total. The zero-order valence-corrected chi connectivity index (χ0v) is 18.2. The smallest absolute Gasteiger partial charge is 0.414 e. The van der Waals surface area contributed by atoms with Crippen molar-refractivity contribution in [3.05, 3.63) is 0 Å². The van der Waals surface area contributed by atoms with Crippen molar-refractivity contribution in [1.82, 2.24) is 20.4 Å². The van der Waals surface area contributed by atoms with Crippen molar-refractivity contribution < 1.29 is 29.0 Å². The quantitative estimate of drug-likeness (QED) is 0.337. The summed E-state index contributed by atoms with van der Waals surface area (Å²) in [5.41, 5.74) is -1.53. The fourth-order valence-corrected chi connectivity index (χ4v) is 1.86. The highest BCUT2D eigenvalue weighted by Gasteiger charge is 2.29. The van der Waals surface area contributed by atoms with E-state index in [1.165, 1.54) is 19.0 Å². The monoisotopic (exact) mass is 416 g/mol. The number of ether oxygens (including phenoxy) is 2. The summed E-state index contributed by atoms with van der Waals surface area (Å²) in [5.74, 6) is -2.17. The van der Waals surface area contributed by atoms with E-state index in [4.69, 9.17) is 20.3 Å². The first-order chi connectivity index (χ1) is 12.9. The Morgan fingerprint density at radius 1 is 0.897 bits per heavy atom. The van der Waals surface area contributed by atoms with Crippen molar-refractivity contribution in [3.63, 3.8) is 0 Å². The zero-order valence-electron chi connectivity index (χ0n) is 18.2. The van der Waals surface area contributed by atoms with Crippen molar-refractivity contribution in [2.24, 2.45) is 0 Å². The Kier molecular flexibility index (Phi) is 8.89. The van der Waals surface area contributed by atoms with Gasteiger partial charge >= 0.3 is 18.2 Å². The highest BCUT2D eigenvalue weighted by molar-refractivity contribution is 5.95. The number of hydrogen-bond donors (Lipinski definition) is 5. The van der Waals surface area contributed by atoms with Crippen LogP contribution in [-0.4, -0.2) is 82.9 Å². The molecule has 0 rings (SSSR count). The van der Waals surface area contributed by atoms with Crippen LogP contribution in [0.3, 0.4) is 0 Å². The molecule has 0 aliphatic rings. The first kappa shape index (κ1) is 26.0. The maximum Gasteiger partial charge on any atom is 0.414 e. The van der Waals surface area contributed by atoms with Crippen molar-refractivity contribution in [1.29, 1.82) is 10.8 Å². The molecule has 0 aliphatic heterocycles. The molecule has 0 aromatic heterocycles. The van der Waals surface area contributed by atoms with Crippen LogP contribution in [0.5, 0.6) is 0 Å². The number of alkyl carbamates (subject to hydrolysis) is 2. The Hall–Kier alpha value is -3.05. The molecule has 5 N–H and O–H groups in total. The number of carboxylic acid groups (broad SMARTS) is 1. The normalized spacial score (nSPS) is 12.3. The van der Waals surface area contributed by atoms with Crippen LogP contribution in [0, 0.1) is 10.8 Å². The van der Waals surface area contributed by atoms with Crippen LogP contribution in [0.2, 0.25) is 0 Å². The third-order valence-corrected chi connectivity index (χ3v) is 3.17. The molecule has 0 saturated heterocycles. The minimum Gasteiger partial charge on any atom is -0.480 e. The number of aliphatic carboxylic acids is 1. The standard InChI is InChI=1S/C17H32N6O6/c1-16(2,3)28-14(26)20-12(18)22(7)9-10(11(24)25)23(8)13(19)21-15(27)29-17(4,5)6/h10H,9H2,1-8H3,(H,24,25)(H2,18,20,26)(H2,19,21,27). The fraction of sp³-hybridized carbons (Fsp3) is 0.706. The highest BCUT2D eigenvalue weighted by Crippen LogP contribution is 2.08. The van der Waals surface area contributed by atoms with E-state index in [0.29, 0.717) is 0 Å². The Morgan fingerprint density at radius 3 is 1.62 bits per heavy atom. The SMILES string of the molecule is CN(CC(C(=O)O)N(C)C(=N)NC(=O)OC(C)(C)C)C(=N)NC(=O)OC(C)(C)C. The van der Waals surface area contributed by atoms with Crippen molar-refractivity contribution in [2.45, 2.75) is 58.8 Å². The number of amides is 2. The van der Waals surface area contributed by atoms with E-state index in [1.54, 1.807) is 41.5 Å². The molecular weight excluding hydrogens is 384 g/mol. The molecule has 1 atom stereocenters. The van der Waals surface area contributed by atoms with Crippen LogP contribution in [0.25, 0.3) is 0 Å². The predicted octanol–water partition coefficient (Wildman–Crippen LogP) is 1.22. The first-order valence-electron chi connectivity index (χ1n) is 8.77. The van der Waals surface area contributed by atoms with Gasteiger partial charge in [-0.25, -0.2) is 14.4 Å². The van der Waals surface area contributed by atoms with Gasteiger partial charge in [-0.05, 0) is 41.5 Å². The maximum absolute atomic E-state index is 11.8. The average Bonchev–Trinajstić information content (AvgIpc) is 2.46. The summed E-state index contributed by atoms with van der Waals surface area (Å²) in [6, 6.07) is -1.30. The predicted molar refractivity (Wildman–Crippen MR) is 106 cm³/mol. The Morgan fingerprint density at radius 2 is 1.28 bits per heavy atom. The second-order valence-electron chi connectivity index (χ2n) is 8.30. The number of guanidine groups is 2. The Labute approximate surface area is 170 Å². The summed E-state index contributed by atoms with van der Waals surface area (Å²) >= 11 is 0. The summed E-state index contributed by atoms with van der Waals surface area (Å²) in [6.45, 7) is 9.68. The molecule has 0 aromatic rings. The summed E-state index contributed by atoms with van der Waals surface area (Å²) in [6.07, 6.45) is -1.75. The second kappa shape index (κ2) is 9.94. The van der Waals surface area contributed by atoms with Gasteiger partial charge in [0.05, 0.1) is 6.54 Å². The number of carbonyl (C=O) groups is 3. The lowest BCUT2D eigenvalue weighted by molar-refractivity contribution is -0.141. The van der Waals surface area contributed by atoms with Gasteiger partial charge in [0.2, 0.25) is 5.96 Å². The van der Waals surface area contributed by atoms with E-state index < -0.39 is 41.4 Å². The topological polar surface area (TPSA) is 168 Å².